The van der Waals surface area contributed by atoms with Crippen LogP contribution in [0.2, 0.25) is 0 Å². The molecule has 7 heteroatoms. The third kappa shape index (κ3) is 3.76. The Labute approximate surface area is 156 Å². The molecule has 0 fully saturated rings. The molecule has 7 nitrogen and oxygen atoms in total. The molecule has 1 heterocycles. The van der Waals surface area contributed by atoms with Crippen LogP contribution in [0.5, 0.6) is 5.75 Å². The molecule has 0 amide bonds. The predicted molar refractivity (Wildman–Crippen MR) is 102 cm³/mol. The van der Waals surface area contributed by atoms with E-state index in [9.17, 15) is 14.9 Å². The zero-order chi connectivity index (χ0) is 19.8. The van der Waals surface area contributed by atoms with Crippen molar-refractivity contribution in [3.63, 3.8) is 0 Å². The maximum atomic E-state index is 12.9. The predicted octanol–water partition coefficient (Wildman–Crippen LogP) is 5.01. The molecule has 0 unspecified atom stereocenters. The fourth-order valence-corrected chi connectivity index (χ4v) is 2.78. The first-order valence-electron chi connectivity index (χ1n) is 8.37. The summed E-state index contributed by atoms with van der Waals surface area (Å²) in [5.74, 6) is 0.612. The van der Waals surface area contributed by atoms with E-state index in [0.717, 1.165) is 5.39 Å². The van der Waals surface area contributed by atoms with Gasteiger partial charge in [0.05, 0.1) is 23.2 Å². The number of hydrogen-bond acceptors (Lipinski definition) is 5. The summed E-state index contributed by atoms with van der Waals surface area (Å²) in [6.07, 6.45) is -0.529. The monoisotopic (exact) mass is 368 g/mol. The highest BCUT2D eigenvalue weighted by Gasteiger charge is 2.23. The average Bonchev–Trinajstić information content (AvgIpc) is 2.98. The summed E-state index contributed by atoms with van der Waals surface area (Å²) in [6, 6.07) is 13.3. The van der Waals surface area contributed by atoms with Crippen molar-refractivity contribution in [2.75, 3.05) is 7.11 Å². The number of nitrogens with zero attached hydrogens (tertiary/aromatic N) is 2. The molecule has 0 bridgehead atoms. The molecule has 0 aliphatic rings. The molecule has 0 spiro atoms. The van der Waals surface area contributed by atoms with Crippen LogP contribution >= 0.6 is 0 Å². The lowest BCUT2D eigenvalue weighted by Crippen LogP contribution is -2.27. The van der Waals surface area contributed by atoms with Crippen LogP contribution in [0.25, 0.3) is 22.2 Å². The highest BCUT2D eigenvalue weighted by Crippen LogP contribution is 2.32. The SMILES string of the molecule is COc1ccc2cc(-c3ccc([N+](=O)[O-])cc3)n(C(=O)OC(C)(C)C)c2c1. The van der Waals surface area contributed by atoms with Gasteiger partial charge in [0.2, 0.25) is 0 Å². The Morgan fingerprint density at radius 2 is 1.74 bits per heavy atom. The van der Waals surface area contributed by atoms with Gasteiger partial charge >= 0.3 is 6.09 Å². The lowest BCUT2D eigenvalue weighted by atomic mass is 10.1. The van der Waals surface area contributed by atoms with Crippen molar-refractivity contribution in [3.8, 4) is 17.0 Å². The van der Waals surface area contributed by atoms with Gasteiger partial charge in [0.25, 0.3) is 5.69 Å². The van der Waals surface area contributed by atoms with E-state index in [2.05, 4.69) is 0 Å². The number of nitro benzene ring substituents is 1. The largest absolute Gasteiger partial charge is 0.497 e. The van der Waals surface area contributed by atoms with Crippen molar-refractivity contribution in [3.05, 3.63) is 58.6 Å². The van der Waals surface area contributed by atoms with Gasteiger partial charge in [-0.15, -0.1) is 0 Å². The van der Waals surface area contributed by atoms with E-state index in [4.69, 9.17) is 9.47 Å². The molecule has 140 valence electrons. The number of methoxy groups -OCH3 is 1. The number of carbonyl (C=O) groups is 1. The van der Waals surface area contributed by atoms with Crippen LogP contribution in [-0.2, 0) is 4.74 Å². The van der Waals surface area contributed by atoms with E-state index in [-0.39, 0.29) is 5.69 Å². The summed E-state index contributed by atoms with van der Waals surface area (Å²) < 4.78 is 12.3. The normalized spacial score (nSPS) is 11.4. The smallest absolute Gasteiger partial charge is 0.419 e. The van der Waals surface area contributed by atoms with Crippen LogP contribution in [0.15, 0.2) is 48.5 Å². The zero-order valence-corrected chi connectivity index (χ0v) is 15.6. The number of fused-ring (bicyclic) bond motifs is 1. The highest BCUT2D eigenvalue weighted by atomic mass is 16.6. The number of non-ortho nitro benzene ring substituents is 1. The topological polar surface area (TPSA) is 83.6 Å². The van der Waals surface area contributed by atoms with Crippen LogP contribution < -0.4 is 4.74 Å². The Morgan fingerprint density at radius 3 is 2.30 bits per heavy atom. The van der Waals surface area contributed by atoms with Crippen molar-refractivity contribution >= 4 is 22.7 Å². The van der Waals surface area contributed by atoms with Gasteiger partial charge in [-0.3, -0.25) is 10.1 Å². The molecule has 3 rings (SSSR count). The molecule has 0 atom stereocenters. The Hall–Kier alpha value is -3.35. The van der Waals surface area contributed by atoms with Crippen LogP contribution in [-0.4, -0.2) is 28.3 Å². The first-order chi connectivity index (χ1) is 12.7. The lowest BCUT2D eigenvalue weighted by molar-refractivity contribution is -0.384. The van der Waals surface area contributed by atoms with Crippen molar-refractivity contribution in [2.24, 2.45) is 0 Å². The fraction of sp³-hybridized carbons (Fsp3) is 0.250. The molecule has 0 aliphatic heterocycles. The van der Waals surface area contributed by atoms with Gasteiger partial charge in [0.15, 0.2) is 0 Å². The van der Waals surface area contributed by atoms with E-state index in [1.54, 1.807) is 52.1 Å². The third-order valence-corrected chi connectivity index (χ3v) is 3.96. The first kappa shape index (κ1) is 18.4. The summed E-state index contributed by atoms with van der Waals surface area (Å²) in [7, 11) is 1.55. The standard InChI is InChI=1S/C20H20N2O5/c1-20(2,3)27-19(23)21-17(13-5-8-15(9-6-13)22(24)25)11-14-7-10-16(26-4)12-18(14)21/h5-12H,1-4H3. The van der Waals surface area contributed by atoms with Gasteiger partial charge in [-0.2, -0.15) is 0 Å². The average molecular weight is 368 g/mol. The third-order valence-electron chi connectivity index (χ3n) is 3.96. The Kier molecular flexibility index (Phi) is 4.61. The van der Waals surface area contributed by atoms with Crippen LogP contribution in [0.4, 0.5) is 10.5 Å². The number of rotatable bonds is 3. The number of benzene rings is 2. The van der Waals surface area contributed by atoms with E-state index in [1.165, 1.54) is 16.7 Å². The van der Waals surface area contributed by atoms with E-state index in [1.807, 2.05) is 12.1 Å². The molecule has 0 saturated carbocycles. The molecule has 0 saturated heterocycles. The number of hydrogen-bond donors (Lipinski definition) is 0. The minimum absolute atomic E-state index is 0.0136. The van der Waals surface area contributed by atoms with Crippen LogP contribution in [0.1, 0.15) is 20.8 Å². The van der Waals surface area contributed by atoms with E-state index >= 15 is 0 Å². The second-order valence-corrected chi connectivity index (χ2v) is 7.07. The van der Waals surface area contributed by atoms with Crippen molar-refractivity contribution in [2.45, 2.75) is 26.4 Å². The summed E-state index contributed by atoms with van der Waals surface area (Å²) in [6.45, 7) is 5.38. The Balaban J connectivity index is 2.20. The lowest BCUT2D eigenvalue weighted by Gasteiger charge is -2.21. The van der Waals surface area contributed by atoms with Gasteiger partial charge in [-0.1, -0.05) is 0 Å². The van der Waals surface area contributed by atoms with Crippen LogP contribution in [0.3, 0.4) is 0 Å². The van der Waals surface area contributed by atoms with Crippen molar-refractivity contribution < 1.29 is 19.2 Å². The van der Waals surface area contributed by atoms with Crippen molar-refractivity contribution in [1.29, 1.82) is 0 Å². The maximum absolute atomic E-state index is 12.9. The second kappa shape index (κ2) is 6.75. The Bertz CT molecular complexity index is 1010. The molecule has 0 N–H and O–H groups in total. The minimum Gasteiger partial charge on any atom is -0.497 e. The van der Waals surface area contributed by atoms with Gasteiger partial charge in [0.1, 0.15) is 11.4 Å². The van der Waals surface area contributed by atoms with Gasteiger partial charge in [-0.05, 0) is 56.7 Å². The maximum Gasteiger partial charge on any atom is 0.419 e. The number of carbonyl (C=O) groups excluding carboxylic acids is 1. The summed E-state index contributed by atoms with van der Waals surface area (Å²) >= 11 is 0. The Morgan fingerprint density at radius 1 is 1.07 bits per heavy atom. The summed E-state index contributed by atoms with van der Waals surface area (Å²) in [5, 5.41) is 11.7. The summed E-state index contributed by atoms with van der Waals surface area (Å²) in [4.78, 5) is 23.3. The molecular formula is C20H20N2O5. The molecular weight excluding hydrogens is 348 g/mol. The van der Waals surface area contributed by atoms with Crippen LogP contribution in [0, 0.1) is 10.1 Å². The number of aromatic nitrogens is 1. The first-order valence-corrected chi connectivity index (χ1v) is 8.37. The van der Waals surface area contributed by atoms with Gasteiger partial charge < -0.3 is 9.47 Å². The van der Waals surface area contributed by atoms with E-state index in [0.29, 0.717) is 22.5 Å². The highest BCUT2D eigenvalue weighted by molar-refractivity contribution is 5.96. The van der Waals surface area contributed by atoms with Gasteiger partial charge in [0, 0.05) is 23.6 Å². The molecule has 1 aromatic heterocycles. The second-order valence-electron chi connectivity index (χ2n) is 7.07. The minimum atomic E-state index is -0.667. The van der Waals surface area contributed by atoms with Gasteiger partial charge in [-0.25, -0.2) is 9.36 Å². The molecule has 27 heavy (non-hydrogen) atoms. The summed E-state index contributed by atoms with van der Waals surface area (Å²) in [5.41, 5.74) is 1.21. The number of ether oxygens (including phenoxy) is 2. The molecule has 0 radical (unpaired) electrons. The molecule has 0 aliphatic carbocycles. The molecule has 3 aromatic rings. The number of nitro groups is 1. The molecule has 2 aromatic carbocycles. The van der Waals surface area contributed by atoms with E-state index < -0.39 is 16.6 Å². The van der Waals surface area contributed by atoms with Crippen molar-refractivity contribution in [1.82, 2.24) is 4.57 Å². The quantitative estimate of drug-likeness (QED) is 0.479. The zero-order valence-electron chi connectivity index (χ0n) is 15.6. The fourth-order valence-electron chi connectivity index (χ4n) is 2.78.